The van der Waals surface area contributed by atoms with E-state index in [0.717, 1.165) is 31.0 Å². The van der Waals surface area contributed by atoms with Crippen molar-refractivity contribution in [2.75, 3.05) is 32.6 Å². The molecule has 0 fully saturated rings. The highest BCUT2D eigenvalue weighted by Crippen LogP contribution is 2.35. The predicted octanol–water partition coefficient (Wildman–Crippen LogP) is 5.86. The molecule has 3 aromatic rings. The van der Waals surface area contributed by atoms with Gasteiger partial charge in [-0.25, -0.2) is 0 Å². The van der Waals surface area contributed by atoms with Crippen LogP contribution in [0.5, 0.6) is 11.5 Å². The van der Waals surface area contributed by atoms with Gasteiger partial charge in [0.25, 0.3) is 0 Å². The Morgan fingerprint density at radius 2 is 1.56 bits per heavy atom. The van der Waals surface area contributed by atoms with E-state index in [1.54, 1.807) is 7.11 Å². The molecule has 0 bridgehead atoms. The fourth-order valence-corrected chi connectivity index (χ4v) is 3.90. The van der Waals surface area contributed by atoms with Crippen molar-refractivity contribution in [1.29, 1.82) is 0 Å². The molecule has 0 aliphatic carbocycles. The van der Waals surface area contributed by atoms with E-state index in [1.807, 2.05) is 26.0 Å². The van der Waals surface area contributed by atoms with Crippen LogP contribution in [0.25, 0.3) is 0 Å². The van der Waals surface area contributed by atoms with Gasteiger partial charge in [-0.05, 0) is 68.3 Å². The first-order valence-corrected chi connectivity index (χ1v) is 11.3. The van der Waals surface area contributed by atoms with Crippen LogP contribution in [-0.2, 0) is 6.54 Å². The van der Waals surface area contributed by atoms with Crippen molar-refractivity contribution in [3.8, 4) is 11.5 Å². The van der Waals surface area contributed by atoms with Gasteiger partial charge in [0, 0.05) is 37.8 Å². The van der Waals surface area contributed by atoms with Crippen molar-refractivity contribution in [3.05, 3.63) is 89.5 Å². The average Bonchev–Trinajstić information content (AvgIpc) is 2.80. The van der Waals surface area contributed by atoms with Crippen LogP contribution < -0.4 is 19.7 Å². The molecule has 32 heavy (non-hydrogen) atoms. The number of nitrogens with zero attached hydrogens (tertiary/aromatic N) is 1. The van der Waals surface area contributed by atoms with Crippen LogP contribution in [-0.4, -0.2) is 33.9 Å². The number of benzene rings is 3. The first-order valence-electron chi connectivity index (χ1n) is 11.3. The molecule has 0 aromatic heterocycles. The number of nitrogens with one attached hydrogen (secondary N) is 1. The van der Waals surface area contributed by atoms with Gasteiger partial charge < -0.3 is 19.7 Å². The van der Waals surface area contributed by atoms with Gasteiger partial charge in [0.05, 0.1) is 13.2 Å². The number of hydrogen-bond donors (Lipinski definition) is 1. The quantitative estimate of drug-likeness (QED) is 0.385. The summed E-state index contributed by atoms with van der Waals surface area (Å²) in [5.74, 6) is 2.07. The summed E-state index contributed by atoms with van der Waals surface area (Å²) in [6, 6.07) is 25.5. The molecule has 0 heterocycles. The minimum Gasteiger partial charge on any atom is -0.496 e. The van der Waals surface area contributed by atoms with E-state index in [1.165, 1.54) is 22.4 Å². The summed E-state index contributed by atoms with van der Waals surface area (Å²) in [6.07, 6.45) is 1.14. The Bertz CT molecular complexity index is 950. The second kappa shape index (κ2) is 11.6. The van der Waals surface area contributed by atoms with Crippen molar-refractivity contribution >= 4 is 5.69 Å². The van der Waals surface area contributed by atoms with Crippen molar-refractivity contribution in [2.24, 2.45) is 0 Å². The zero-order chi connectivity index (χ0) is 22.9. The first-order chi connectivity index (χ1) is 15.5. The molecule has 0 saturated heterocycles. The van der Waals surface area contributed by atoms with Gasteiger partial charge in [0.15, 0.2) is 0 Å². The highest BCUT2D eigenvalue weighted by atomic mass is 16.5. The summed E-state index contributed by atoms with van der Waals surface area (Å²) in [7, 11) is 5.87. The van der Waals surface area contributed by atoms with Crippen LogP contribution in [0.2, 0.25) is 0 Å². The largest absolute Gasteiger partial charge is 0.496 e. The number of hydrogen-bond acceptors (Lipinski definition) is 4. The second-order valence-electron chi connectivity index (χ2n) is 8.56. The summed E-state index contributed by atoms with van der Waals surface area (Å²) in [6.45, 7) is 5.85. The van der Waals surface area contributed by atoms with Gasteiger partial charge in [-0.1, -0.05) is 42.5 Å². The van der Waals surface area contributed by atoms with E-state index >= 15 is 0 Å². The second-order valence-corrected chi connectivity index (χ2v) is 8.56. The molecule has 1 N–H and O–H groups in total. The molecule has 0 saturated carbocycles. The molecule has 1 atom stereocenters. The van der Waals surface area contributed by atoms with Crippen LogP contribution in [0, 0.1) is 0 Å². The van der Waals surface area contributed by atoms with Gasteiger partial charge in [0.2, 0.25) is 0 Å². The van der Waals surface area contributed by atoms with Crippen molar-refractivity contribution in [2.45, 2.75) is 38.8 Å². The van der Waals surface area contributed by atoms with Gasteiger partial charge in [0.1, 0.15) is 11.5 Å². The molecule has 170 valence electrons. The molecule has 0 aliphatic heterocycles. The van der Waals surface area contributed by atoms with Gasteiger partial charge in [-0.2, -0.15) is 0 Å². The topological polar surface area (TPSA) is 33.7 Å². The van der Waals surface area contributed by atoms with Crippen LogP contribution >= 0.6 is 0 Å². The predicted molar refractivity (Wildman–Crippen MR) is 134 cm³/mol. The summed E-state index contributed by atoms with van der Waals surface area (Å²) < 4.78 is 11.5. The van der Waals surface area contributed by atoms with Gasteiger partial charge >= 0.3 is 0 Å². The van der Waals surface area contributed by atoms with E-state index in [-0.39, 0.29) is 12.0 Å². The first kappa shape index (κ1) is 23.7. The lowest BCUT2D eigenvalue weighted by Crippen LogP contribution is -2.18. The molecular weight excluding hydrogens is 396 g/mol. The number of ether oxygens (including phenoxy) is 2. The van der Waals surface area contributed by atoms with Crippen LogP contribution in [0.4, 0.5) is 5.69 Å². The number of anilines is 1. The molecule has 0 unspecified atom stereocenters. The lowest BCUT2D eigenvalue weighted by atomic mass is 9.88. The zero-order valence-electron chi connectivity index (χ0n) is 20.0. The Morgan fingerprint density at radius 1 is 0.875 bits per heavy atom. The number of para-hydroxylation sites is 1. The third-order valence-corrected chi connectivity index (χ3v) is 5.56. The van der Waals surface area contributed by atoms with Crippen LogP contribution in [0.15, 0.2) is 72.8 Å². The highest BCUT2D eigenvalue weighted by Gasteiger charge is 2.18. The Labute approximate surface area is 193 Å². The maximum Gasteiger partial charge on any atom is 0.122 e. The zero-order valence-corrected chi connectivity index (χ0v) is 20.0. The minimum atomic E-state index is 0.168. The van der Waals surface area contributed by atoms with Crippen LogP contribution in [0.1, 0.15) is 42.9 Å². The molecule has 0 spiro atoms. The molecule has 4 heteroatoms. The lowest BCUT2D eigenvalue weighted by Gasteiger charge is -2.21. The van der Waals surface area contributed by atoms with Gasteiger partial charge in [-0.15, -0.1) is 0 Å². The Morgan fingerprint density at radius 3 is 2.19 bits per heavy atom. The highest BCUT2D eigenvalue weighted by molar-refractivity contribution is 5.46. The Balaban J connectivity index is 1.70. The van der Waals surface area contributed by atoms with Crippen molar-refractivity contribution in [1.82, 2.24) is 5.32 Å². The normalized spacial score (nSPS) is 11.9. The van der Waals surface area contributed by atoms with E-state index in [4.69, 9.17) is 9.47 Å². The average molecular weight is 433 g/mol. The fraction of sp³-hybridized carbons (Fsp3) is 0.357. The smallest absolute Gasteiger partial charge is 0.122 e. The summed E-state index contributed by atoms with van der Waals surface area (Å²) >= 11 is 0. The number of methoxy groups -OCH3 is 1. The standard InChI is InChI=1S/C28H36N2O2/c1-21(2)32-25-16-12-23(13-17-25)26(27-8-6-7-9-28(27)31-5)18-19-29-20-22-10-14-24(15-11-22)30(3)4/h6-17,21,26,29H,18-20H2,1-5H3/t26-/m1/s1. The molecular formula is C28H36N2O2. The molecule has 0 aliphatic rings. The molecule has 0 amide bonds. The Kier molecular flexibility index (Phi) is 8.57. The number of rotatable bonds is 11. The van der Waals surface area contributed by atoms with E-state index < -0.39 is 0 Å². The lowest BCUT2D eigenvalue weighted by molar-refractivity contribution is 0.242. The van der Waals surface area contributed by atoms with Crippen molar-refractivity contribution < 1.29 is 9.47 Å². The SMILES string of the molecule is COc1ccccc1[C@H](CCNCc1ccc(N(C)C)cc1)c1ccc(OC(C)C)cc1. The fourth-order valence-electron chi connectivity index (χ4n) is 3.90. The minimum absolute atomic E-state index is 0.168. The van der Waals surface area contributed by atoms with E-state index in [0.29, 0.717) is 0 Å². The summed E-state index contributed by atoms with van der Waals surface area (Å²) in [5, 5.41) is 3.62. The van der Waals surface area contributed by atoms with Crippen LogP contribution in [0.3, 0.4) is 0 Å². The summed E-state index contributed by atoms with van der Waals surface area (Å²) in [4.78, 5) is 2.12. The Hall–Kier alpha value is -2.98. The van der Waals surface area contributed by atoms with Gasteiger partial charge in [-0.3, -0.25) is 0 Å². The molecule has 0 radical (unpaired) electrons. The maximum atomic E-state index is 5.83. The van der Waals surface area contributed by atoms with E-state index in [9.17, 15) is 0 Å². The molecule has 3 aromatic carbocycles. The van der Waals surface area contributed by atoms with Crippen molar-refractivity contribution in [3.63, 3.8) is 0 Å². The monoisotopic (exact) mass is 432 g/mol. The maximum absolute atomic E-state index is 5.83. The van der Waals surface area contributed by atoms with E-state index in [2.05, 4.69) is 85.0 Å². The third kappa shape index (κ3) is 6.51. The summed E-state index contributed by atoms with van der Waals surface area (Å²) in [5.41, 5.74) is 4.99. The third-order valence-electron chi connectivity index (χ3n) is 5.56. The molecule has 3 rings (SSSR count). The molecule has 4 nitrogen and oxygen atoms in total.